The standard InChI is InChI=1S/C31H27N3O7S/c1-4-40-30(36)26-19(2)32-31-33(27(26)22-13-9-6-10-14-22)29(35)25(42-31)17-21-15-23(34(37)38)28(24(16-21)39-3)41-18-20-11-7-5-8-12-20/h5-17,27H,4,18H2,1-3H3. The Morgan fingerprint density at radius 1 is 1.12 bits per heavy atom. The van der Waals surface area contributed by atoms with Crippen LogP contribution in [-0.2, 0) is 16.1 Å². The average Bonchev–Trinajstić information content (AvgIpc) is 3.29. The Kier molecular flexibility index (Phi) is 8.30. The zero-order chi connectivity index (χ0) is 29.8. The fraction of sp³-hybridized carbons (Fsp3) is 0.194. The fourth-order valence-corrected chi connectivity index (χ4v) is 5.79. The van der Waals surface area contributed by atoms with Crippen LogP contribution in [0.3, 0.4) is 0 Å². The molecule has 1 aliphatic heterocycles. The minimum Gasteiger partial charge on any atom is -0.493 e. The SMILES string of the molecule is CCOC(=O)C1=C(C)N=c2sc(=Cc3cc(OC)c(OCc4ccccc4)c([N+](=O)[O-])c3)c(=O)n2C1c1ccccc1. The number of carbonyl (C=O) groups excluding carboxylic acids is 1. The Hall–Kier alpha value is -5.03. The lowest BCUT2D eigenvalue weighted by Crippen LogP contribution is -2.39. The second-order valence-electron chi connectivity index (χ2n) is 9.32. The van der Waals surface area contributed by atoms with Crippen molar-refractivity contribution in [2.75, 3.05) is 13.7 Å². The highest BCUT2D eigenvalue weighted by Crippen LogP contribution is 2.39. The van der Waals surface area contributed by atoms with Crippen LogP contribution in [0.5, 0.6) is 11.5 Å². The van der Waals surface area contributed by atoms with Crippen LogP contribution >= 0.6 is 11.3 Å². The van der Waals surface area contributed by atoms with E-state index in [0.717, 1.165) is 22.5 Å². The topological polar surface area (TPSA) is 122 Å². The number of fused-ring (bicyclic) bond motifs is 1. The molecule has 214 valence electrons. The van der Waals surface area contributed by atoms with Crippen LogP contribution in [-0.4, -0.2) is 29.2 Å². The van der Waals surface area contributed by atoms with Crippen molar-refractivity contribution in [2.24, 2.45) is 4.99 Å². The molecule has 3 aromatic carbocycles. The van der Waals surface area contributed by atoms with Gasteiger partial charge in [0, 0.05) is 6.07 Å². The van der Waals surface area contributed by atoms with Gasteiger partial charge in [0.1, 0.15) is 6.61 Å². The average molecular weight is 586 g/mol. The van der Waals surface area contributed by atoms with Crippen LogP contribution < -0.4 is 24.4 Å². The van der Waals surface area contributed by atoms with Gasteiger partial charge in [0.2, 0.25) is 5.75 Å². The quantitative estimate of drug-likeness (QED) is 0.163. The van der Waals surface area contributed by atoms with Crippen LogP contribution in [0.25, 0.3) is 6.08 Å². The monoisotopic (exact) mass is 585 g/mol. The third kappa shape index (κ3) is 5.59. The minimum absolute atomic E-state index is 0.0104. The Morgan fingerprint density at radius 3 is 2.45 bits per heavy atom. The zero-order valence-electron chi connectivity index (χ0n) is 23.1. The third-order valence-corrected chi connectivity index (χ3v) is 7.61. The van der Waals surface area contributed by atoms with Gasteiger partial charge in [0.15, 0.2) is 10.6 Å². The van der Waals surface area contributed by atoms with E-state index in [4.69, 9.17) is 14.2 Å². The molecule has 0 saturated heterocycles. The summed E-state index contributed by atoms with van der Waals surface area (Å²) in [5.74, 6) is -0.404. The molecule has 0 aliphatic carbocycles. The van der Waals surface area contributed by atoms with Crippen LogP contribution in [0.2, 0.25) is 0 Å². The van der Waals surface area contributed by atoms with E-state index in [1.54, 1.807) is 26.0 Å². The highest BCUT2D eigenvalue weighted by molar-refractivity contribution is 7.07. The smallest absolute Gasteiger partial charge is 0.338 e. The Labute approximate surface area is 244 Å². The number of hydrogen-bond donors (Lipinski definition) is 0. The molecule has 0 saturated carbocycles. The predicted octanol–water partition coefficient (Wildman–Crippen LogP) is 4.29. The second kappa shape index (κ2) is 12.2. The molecule has 1 aromatic heterocycles. The molecule has 1 aliphatic rings. The summed E-state index contributed by atoms with van der Waals surface area (Å²) in [6.45, 7) is 3.71. The van der Waals surface area contributed by atoms with E-state index in [9.17, 15) is 19.7 Å². The maximum atomic E-state index is 13.9. The van der Waals surface area contributed by atoms with E-state index in [-0.39, 0.29) is 40.5 Å². The molecule has 0 radical (unpaired) electrons. The van der Waals surface area contributed by atoms with E-state index < -0.39 is 22.5 Å². The number of nitrogens with zero attached hydrogens (tertiary/aromatic N) is 3. The third-order valence-electron chi connectivity index (χ3n) is 6.63. The molecule has 0 fully saturated rings. The van der Waals surface area contributed by atoms with Gasteiger partial charge in [-0.1, -0.05) is 72.0 Å². The molecule has 1 atom stereocenters. The first-order valence-corrected chi connectivity index (χ1v) is 13.9. The molecule has 4 aromatic rings. The van der Waals surface area contributed by atoms with Crippen LogP contribution in [0, 0.1) is 10.1 Å². The van der Waals surface area contributed by atoms with Gasteiger partial charge in [0.25, 0.3) is 5.56 Å². The minimum atomic E-state index is -0.749. The van der Waals surface area contributed by atoms with Crippen molar-refractivity contribution < 1.29 is 23.9 Å². The number of nitro benzene ring substituents is 1. The molecule has 0 spiro atoms. The van der Waals surface area contributed by atoms with E-state index in [2.05, 4.69) is 4.99 Å². The molecule has 0 amide bonds. The number of hydrogen-bond acceptors (Lipinski definition) is 9. The van der Waals surface area contributed by atoms with E-state index >= 15 is 0 Å². The molecule has 10 nitrogen and oxygen atoms in total. The molecular weight excluding hydrogens is 558 g/mol. The van der Waals surface area contributed by atoms with Gasteiger partial charge in [0.05, 0.1) is 40.5 Å². The van der Waals surface area contributed by atoms with E-state index in [1.807, 2.05) is 60.7 Å². The number of carbonyl (C=O) groups is 1. The summed E-state index contributed by atoms with van der Waals surface area (Å²) in [6, 6.07) is 20.6. The summed E-state index contributed by atoms with van der Waals surface area (Å²) < 4.78 is 18.3. The normalized spacial score (nSPS) is 14.6. The lowest BCUT2D eigenvalue weighted by Gasteiger charge is -2.24. The molecule has 42 heavy (non-hydrogen) atoms. The van der Waals surface area contributed by atoms with Gasteiger partial charge >= 0.3 is 11.7 Å². The number of esters is 1. The summed E-state index contributed by atoms with van der Waals surface area (Å²) in [5, 5.41) is 12.0. The van der Waals surface area contributed by atoms with Crippen molar-refractivity contribution in [1.29, 1.82) is 0 Å². The summed E-state index contributed by atoms with van der Waals surface area (Å²) in [5.41, 5.74) is 1.96. The first-order chi connectivity index (χ1) is 20.3. The highest BCUT2D eigenvalue weighted by Gasteiger charge is 2.33. The molecule has 1 unspecified atom stereocenters. The Bertz CT molecular complexity index is 1860. The van der Waals surface area contributed by atoms with Crippen molar-refractivity contribution in [1.82, 2.24) is 4.57 Å². The lowest BCUT2D eigenvalue weighted by atomic mass is 9.96. The van der Waals surface area contributed by atoms with E-state index in [0.29, 0.717) is 16.1 Å². The molecule has 0 bridgehead atoms. The summed E-state index contributed by atoms with van der Waals surface area (Å²) in [7, 11) is 1.39. The highest BCUT2D eigenvalue weighted by atomic mass is 32.1. The second-order valence-corrected chi connectivity index (χ2v) is 10.3. The molecule has 0 N–H and O–H groups in total. The van der Waals surface area contributed by atoms with Gasteiger partial charge in [-0.3, -0.25) is 19.5 Å². The molecule has 5 rings (SSSR count). The number of benzene rings is 3. The van der Waals surface area contributed by atoms with Crippen LogP contribution in [0.15, 0.2) is 93.9 Å². The van der Waals surface area contributed by atoms with Crippen molar-refractivity contribution in [3.63, 3.8) is 0 Å². The first-order valence-electron chi connectivity index (χ1n) is 13.1. The summed E-state index contributed by atoms with van der Waals surface area (Å²) >= 11 is 1.13. The number of methoxy groups -OCH3 is 1. The van der Waals surface area contributed by atoms with Crippen molar-refractivity contribution >= 4 is 29.1 Å². The maximum Gasteiger partial charge on any atom is 0.338 e. The van der Waals surface area contributed by atoms with Gasteiger partial charge in [-0.05, 0) is 42.7 Å². The number of nitro groups is 1. The van der Waals surface area contributed by atoms with Gasteiger partial charge in [-0.2, -0.15) is 0 Å². The van der Waals surface area contributed by atoms with E-state index in [1.165, 1.54) is 17.7 Å². The number of thiazole rings is 1. The van der Waals surface area contributed by atoms with Crippen molar-refractivity contribution in [3.8, 4) is 11.5 Å². The largest absolute Gasteiger partial charge is 0.493 e. The fourth-order valence-electron chi connectivity index (χ4n) is 4.75. The predicted molar refractivity (Wildman–Crippen MR) is 157 cm³/mol. The Morgan fingerprint density at radius 2 is 1.81 bits per heavy atom. The van der Waals surface area contributed by atoms with Gasteiger partial charge in [-0.25, -0.2) is 9.79 Å². The molecule has 11 heteroatoms. The van der Waals surface area contributed by atoms with Crippen molar-refractivity contribution in [3.05, 3.63) is 131 Å². The summed E-state index contributed by atoms with van der Waals surface area (Å²) in [4.78, 5) is 43.3. The van der Waals surface area contributed by atoms with Crippen LogP contribution in [0.4, 0.5) is 5.69 Å². The molecular formula is C31H27N3O7S. The maximum absolute atomic E-state index is 13.9. The number of aromatic nitrogens is 1. The summed E-state index contributed by atoms with van der Waals surface area (Å²) in [6.07, 6.45) is 1.55. The van der Waals surface area contributed by atoms with Crippen LogP contribution in [0.1, 0.15) is 36.6 Å². The number of allylic oxidation sites excluding steroid dienone is 1. The zero-order valence-corrected chi connectivity index (χ0v) is 23.9. The first kappa shape index (κ1) is 28.5. The van der Waals surface area contributed by atoms with Crippen molar-refractivity contribution in [2.45, 2.75) is 26.5 Å². The number of ether oxygens (including phenoxy) is 3. The van der Waals surface area contributed by atoms with Gasteiger partial charge < -0.3 is 14.2 Å². The lowest BCUT2D eigenvalue weighted by molar-refractivity contribution is -0.386. The molecule has 2 heterocycles. The number of rotatable bonds is 9. The Balaban J connectivity index is 1.62. The van der Waals surface area contributed by atoms with Gasteiger partial charge in [-0.15, -0.1) is 0 Å².